The van der Waals surface area contributed by atoms with Crippen molar-refractivity contribution in [1.82, 2.24) is 20.4 Å². The van der Waals surface area contributed by atoms with Crippen molar-refractivity contribution >= 4 is 41.5 Å². The molecule has 0 aliphatic carbocycles. The molecule has 0 aliphatic rings. The van der Waals surface area contributed by atoms with Gasteiger partial charge in [0.05, 0.1) is 0 Å². The molecule has 1 amide bonds. The lowest BCUT2D eigenvalue weighted by Gasteiger charge is -2.13. The van der Waals surface area contributed by atoms with Gasteiger partial charge in [0.15, 0.2) is 5.96 Å². The molecule has 1 aromatic carbocycles. The van der Waals surface area contributed by atoms with E-state index < -0.39 is 0 Å². The highest BCUT2D eigenvalue weighted by Gasteiger charge is 2.05. The van der Waals surface area contributed by atoms with Gasteiger partial charge in [-0.25, -0.2) is 0 Å². The maximum absolute atomic E-state index is 12.1. The Morgan fingerprint density at radius 1 is 1.27 bits per heavy atom. The quantitative estimate of drug-likeness (QED) is 0.181. The normalized spacial score (nSPS) is 11.1. The molecule has 0 saturated carbocycles. The zero-order chi connectivity index (χ0) is 20.9. The first-order valence-electron chi connectivity index (χ1n) is 9.95. The van der Waals surface area contributed by atoms with Crippen LogP contribution in [0.15, 0.2) is 47.7 Å². The lowest BCUT2D eigenvalue weighted by atomic mass is 10.2. The van der Waals surface area contributed by atoms with Crippen LogP contribution in [-0.4, -0.2) is 48.5 Å². The summed E-state index contributed by atoms with van der Waals surface area (Å²) in [7, 11) is 1.75. The van der Waals surface area contributed by atoms with E-state index in [1.54, 1.807) is 30.2 Å². The minimum absolute atomic E-state index is 0. The molecule has 0 radical (unpaired) electrons. The average Bonchev–Trinajstić information content (AvgIpc) is 3.19. The maximum atomic E-state index is 12.1. The SMILES string of the molecule is CN=C(NCCCOCC(C)C)NCc1cccc(NC(=O)Cn2cccn2)c1.I. The van der Waals surface area contributed by atoms with Gasteiger partial charge < -0.3 is 20.7 Å². The summed E-state index contributed by atoms with van der Waals surface area (Å²) in [5.74, 6) is 1.18. The molecule has 0 bridgehead atoms. The van der Waals surface area contributed by atoms with Gasteiger partial charge in [0.25, 0.3) is 0 Å². The highest BCUT2D eigenvalue weighted by molar-refractivity contribution is 14.0. The summed E-state index contributed by atoms with van der Waals surface area (Å²) in [6.45, 7) is 7.40. The van der Waals surface area contributed by atoms with Gasteiger partial charge in [0.2, 0.25) is 5.91 Å². The minimum atomic E-state index is -0.115. The number of benzene rings is 1. The number of guanidine groups is 1. The predicted molar refractivity (Wildman–Crippen MR) is 131 cm³/mol. The molecule has 0 spiro atoms. The third-order valence-corrected chi connectivity index (χ3v) is 3.97. The van der Waals surface area contributed by atoms with Crippen molar-refractivity contribution in [3.05, 3.63) is 48.3 Å². The Morgan fingerprint density at radius 3 is 2.80 bits per heavy atom. The molecule has 9 heteroatoms. The number of carbonyl (C=O) groups excluding carboxylic acids is 1. The van der Waals surface area contributed by atoms with E-state index in [4.69, 9.17) is 4.74 Å². The lowest BCUT2D eigenvalue weighted by Crippen LogP contribution is -2.37. The van der Waals surface area contributed by atoms with Crippen LogP contribution in [0.25, 0.3) is 0 Å². The predicted octanol–water partition coefficient (Wildman–Crippen LogP) is 2.87. The van der Waals surface area contributed by atoms with Crippen LogP contribution in [0.2, 0.25) is 0 Å². The van der Waals surface area contributed by atoms with Crippen molar-refractivity contribution in [2.24, 2.45) is 10.9 Å². The van der Waals surface area contributed by atoms with Crippen molar-refractivity contribution in [3.63, 3.8) is 0 Å². The van der Waals surface area contributed by atoms with E-state index >= 15 is 0 Å². The molecule has 0 saturated heterocycles. The molecule has 30 heavy (non-hydrogen) atoms. The molecule has 2 aromatic rings. The summed E-state index contributed by atoms with van der Waals surface area (Å²) >= 11 is 0. The molecule has 0 atom stereocenters. The number of hydrogen-bond donors (Lipinski definition) is 3. The van der Waals surface area contributed by atoms with E-state index in [0.717, 1.165) is 43.4 Å². The molecular weight excluding hydrogens is 495 g/mol. The van der Waals surface area contributed by atoms with Gasteiger partial charge in [-0.2, -0.15) is 5.10 Å². The summed E-state index contributed by atoms with van der Waals surface area (Å²) in [5.41, 5.74) is 1.80. The van der Waals surface area contributed by atoms with E-state index in [0.29, 0.717) is 12.5 Å². The molecule has 0 aliphatic heterocycles. The lowest BCUT2D eigenvalue weighted by molar-refractivity contribution is -0.116. The van der Waals surface area contributed by atoms with E-state index in [1.807, 2.05) is 24.3 Å². The van der Waals surface area contributed by atoms with Gasteiger partial charge >= 0.3 is 0 Å². The Hall–Kier alpha value is -2.14. The molecular formula is C21H33IN6O2. The van der Waals surface area contributed by atoms with Gasteiger partial charge in [-0.05, 0) is 36.1 Å². The monoisotopic (exact) mass is 528 g/mol. The summed E-state index contributed by atoms with van der Waals surface area (Å²) < 4.78 is 7.16. The molecule has 3 N–H and O–H groups in total. The smallest absolute Gasteiger partial charge is 0.246 e. The molecule has 0 fully saturated rings. The molecule has 2 rings (SSSR count). The number of anilines is 1. The highest BCUT2D eigenvalue weighted by atomic mass is 127. The van der Waals surface area contributed by atoms with E-state index in [2.05, 4.69) is 39.9 Å². The Bertz CT molecular complexity index is 765. The van der Waals surface area contributed by atoms with Crippen molar-refractivity contribution in [2.45, 2.75) is 33.4 Å². The summed E-state index contributed by atoms with van der Waals surface area (Å²) in [5, 5.41) is 13.5. The molecule has 8 nitrogen and oxygen atoms in total. The molecule has 166 valence electrons. The number of nitrogens with one attached hydrogen (secondary N) is 3. The number of amides is 1. The molecule has 1 heterocycles. The fourth-order valence-electron chi connectivity index (χ4n) is 2.61. The van der Waals surface area contributed by atoms with E-state index in [1.165, 1.54) is 0 Å². The summed E-state index contributed by atoms with van der Waals surface area (Å²) in [6.07, 6.45) is 4.33. The highest BCUT2D eigenvalue weighted by Crippen LogP contribution is 2.10. The van der Waals surface area contributed by atoms with Gasteiger partial charge in [-0.3, -0.25) is 14.5 Å². The van der Waals surface area contributed by atoms with Gasteiger partial charge in [-0.1, -0.05) is 26.0 Å². The van der Waals surface area contributed by atoms with Crippen molar-refractivity contribution < 1.29 is 9.53 Å². The van der Waals surface area contributed by atoms with Crippen LogP contribution in [0.1, 0.15) is 25.8 Å². The van der Waals surface area contributed by atoms with Crippen LogP contribution in [0.4, 0.5) is 5.69 Å². The topological polar surface area (TPSA) is 92.6 Å². The standard InChI is InChI=1S/C21H32N6O2.HI/c1-17(2)16-29-12-6-9-23-21(22-3)24-14-18-7-4-8-19(13-18)26-20(28)15-27-11-5-10-25-27;/h4-5,7-8,10-11,13,17H,6,9,12,14-16H2,1-3H3,(H,26,28)(H2,22,23,24);1H. The Kier molecular flexibility index (Phi) is 12.8. The minimum Gasteiger partial charge on any atom is -0.381 e. The van der Waals surface area contributed by atoms with Crippen LogP contribution in [0.5, 0.6) is 0 Å². The van der Waals surface area contributed by atoms with Gasteiger partial charge in [0, 0.05) is 51.4 Å². The third kappa shape index (κ3) is 10.6. The van der Waals surface area contributed by atoms with E-state index in [9.17, 15) is 4.79 Å². The second-order valence-electron chi connectivity index (χ2n) is 7.13. The number of halogens is 1. The number of nitrogens with zero attached hydrogens (tertiary/aromatic N) is 3. The first-order valence-corrected chi connectivity index (χ1v) is 9.95. The number of aliphatic imine (C=N–C) groups is 1. The second kappa shape index (κ2) is 14.8. The second-order valence-corrected chi connectivity index (χ2v) is 7.13. The first kappa shape index (κ1) is 25.9. The Labute approximate surface area is 195 Å². The van der Waals surface area contributed by atoms with Crippen molar-refractivity contribution in [3.8, 4) is 0 Å². The first-order chi connectivity index (χ1) is 14.1. The van der Waals surface area contributed by atoms with Crippen molar-refractivity contribution in [1.29, 1.82) is 0 Å². The number of ether oxygens (including phenoxy) is 1. The molecule has 1 aromatic heterocycles. The largest absolute Gasteiger partial charge is 0.381 e. The maximum Gasteiger partial charge on any atom is 0.246 e. The fourth-order valence-corrected chi connectivity index (χ4v) is 2.61. The van der Waals surface area contributed by atoms with Gasteiger partial charge in [-0.15, -0.1) is 24.0 Å². The Balaban J connectivity index is 0.00000450. The Morgan fingerprint density at radius 2 is 2.10 bits per heavy atom. The summed E-state index contributed by atoms with van der Waals surface area (Å²) in [6, 6.07) is 9.53. The van der Waals surface area contributed by atoms with Crippen LogP contribution < -0.4 is 16.0 Å². The van der Waals surface area contributed by atoms with E-state index in [-0.39, 0.29) is 36.4 Å². The number of hydrogen-bond acceptors (Lipinski definition) is 4. The zero-order valence-corrected chi connectivity index (χ0v) is 20.3. The third-order valence-electron chi connectivity index (χ3n) is 3.97. The fraction of sp³-hybridized carbons (Fsp3) is 0.476. The van der Waals surface area contributed by atoms with Crippen molar-refractivity contribution in [2.75, 3.05) is 32.1 Å². The average molecular weight is 528 g/mol. The number of carbonyl (C=O) groups is 1. The van der Waals surface area contributed by atoms with Crippen LogP contribution >= 0.6 is 24.0 Å². The van der Waals surface area contributed by atoms with Crippen LogP contribution in [0, 0.1) is 5.92 Å². The summed E-state index contributed by atoms with van der Waals surface area (Å²) in [4.78, 5) is 16.3. The zero-order valence-electron chi connectivity index (χ0n) is 17.9. The van der Waals surface area contributed by atoms with Crippen LogP contribution in [0.3, 0.4) is 0 Å². The van der Waals surface area contributed by atoms with Crippen LogP contribution in [-0.2, 0) is 22.6 Å². The van der Waals surface area contributed by atoms with Gasteiger partial charge in [0.1, 0.15) is 6.54 Å². The number of rotatable bonds is 11. The molecule has 0 unspecified atom stereocenters. The number of aromatic nitrogens is 2.